The molecule has 0 aromatic heterocycles. The van der Waals surface area contributed by atoms with E-state index in [2.05, 4.69) is 30.1 Å². The molecule has 0 aliphatic carbocycles. The van der Waals surface area contributed by atoms with E-state index in [0.717, 1.165) is 25.3 Å². The Morgan fingerprint density at radius 1 is 1.40 bits per heavy atom. The molecule has 0 aliphatic heterocycles. The van der Waals surface area contributed by atoms with Gasteiger partial charge in [0.05, 0.1) is 6.61 Å². The molecule has 112 valence electrons. The first kappa shape index (κ1) is 16.6. The number of hydrogen-bond donors (Lipinski definition) is 2. The fraction of sp³-hybridized carbons (Fsp3) is 0.533. The van der Waals surface area contributed by atoms with Crippen molar-refractivity contribution in [1.29, 1.82) is 0 Å². The molecule has 0 saturated heterocycles. The lowest BCUT2D eigenvalue weighted by Crippen LogP contribution is -2.39. The van der Waals surface area contributed by atoms with E-state index in [0.29, 0.717) is 0 Å². The van der Waals surface area contributed by atoms with Crippen molar-refractivity contribution in [3.8, 4) is 0 Å². The molecule has 1 aromatic carbocycles. The Hall–Kier alpha value is -1.43. The van der Waals surface area contributed by atoms with Crippen LogP contribution in [0.1, 0.15) is 19.4 Å². The molecule has 1 amide bonds. The normalized spacial score (nSPS) is 12.4. The molecule has 0 spiro atoms. The Bertz CT molecular complexity index is 419. The van der Waals surface area contributed by atoms with Crippen LogP contribution in [0.25, 0.3) is 0 Å². The standard InChI is InChI=1S/C15H25N3O2/c1-4-18(5-2)10-12-7-6-8-13(9-12)17-15(19)14(16)11-20-3/h6-9,14H,4-5,10-11,16H2,1-3H3,(H,17,19). The van der Waals surface area contributed by atoms with Crippen molar-refractivity contribution in [2.75, 3.05) is 32.1 Å². The van der Waals surface area contributed by atoms with Crippen molar-refractivity contribution < 1.29 is 9.53 Å². The van der Waals surface area contributed by atoms with Crippen LogP contribution in [0, 0.1) is 0 Å². The lowest BCUT2D eigenvalue weighted by molar-refractivity contribution is -0.118. The van der Waals surface area contributed by atoms with Crippen LogP contribution < -0.4 is 11.1 Å². The summed E-state index contributed by atoms with van der Waals surface area (Å²) in [5, 5.41) is 2.81. The fourth-order valence-electron chi connectivity index (χ4n) is 1.94. The summed E-state index contributed by atoms with van der Waals surface area (Å²) in [7, 11) is 1.53. The van der Waals surface area contributed by atoms with Gasteiger partial charge in [0.1, 0.15) is 6.04 Å². The summed E-state index contributed by atoms with van der Waals surface area (Å²) >= 11 is 0. The minimum atomic E-state index is -0.647. The third-order valence-electron chi connectivity index (χ3n) is 3.18. The van der Waals surface area contributed by atoms with Crippen LogP contribution in [0.2, 0.25) is 0 Å². The number of carbonyl (C=O) groups excluding carboxylic acids is 1. The summed E-state index contributed by atoms with van der Waals surface area (Å²) in [6.45, 7) is 7.38. The van der Waals surface area contributed by atoms with Crippen molar-refractivity contribution in [2.24, 2.45) is 5.73 Å². The first-order chi connectivity index (χ1) is 9.60. The summed E-state index contributed by atoms with van der Waals surface area (Å²) in [4.78, 5) is 14.1. The smallest absolute Gasteiger partial charge is 0.243 e. The molecule has 0 bridgehead atoms. The monoisotopic (exact) mass is 279 g/mol. The van der Waals surface area contributed by atoms with E-state index >= 15 is 0 Å². The Balaban J connectivity index is 2.66. The van der Waals surface area contributed by atoms with Gasteiger partial charge in [-0.2, -0.15) is 0 Å². The Morgan fingerprint density at radius 3 is 2.70 bits per heavy atom. The summed E-state index contributed by atoms with van der Waals surface area (Å²) in [6, 6.07) is 7.20. The van der Waals surface area contributed by atoms with Crippen molar-refractivity contribution in [3.63, 3.8) is 0 Å². The zero-order chi connectivity index (χ0) is 15.0. The molecule has 1 aromatic rings. The van der Waals surface area contributed by atoms with Crippen LogP contribution >= 0.6 is 0 Å². The number of hydrogen-bond acceptors (Lipinski definition) is 4. The van der Waals surface area contributed by atoms with Gasteiger partial charge in [0, 0.05) is 19.3 Å². The predicted molar refractivity (Wildman–Crippen MR) is 81.5 cm³/mol. The molecule has 1 unspecified atom stereocenters. The van der Waals surface area contributed by atoms with Crippen molar-refractivity contribution in [1.82, 2.24) is 4.90 Å². The van der Waals surface area contributed by atoms with Gasteiger partial charge in [-0.3, -0.25) is 9.69 Å². The molecule has 0 saturated carbocycles. The van der Waals surface area contributed by atoms with E-state index in [1.807, 2.05) is 18.2 Å². The molecule has 5 heteroatoms. The number of carbonyl (C=O) groups is 1. The molecule has 0 radical (unpaired) electrons. The van der Waals surface area contributed by atoms with E-state index in [1.54, 1.807) is 0 Å². The molecule has 1 rings (SSSR count). The number of ether oxygens (including phenoxy) is 1. The highest BCUT2D eigenvalue weighted by Crippen LogP contribution is 2.13. The second-order valence-electron chi connectivity index (χ2n) is 4.71. The van der Waals surface area contributed by atoms with Gasteiger partial charge in [-0.15, -0.1) is 0 Å². The van der Waals surface area contributed by atoms with Crippen molar-refractivity contribution in [3.05, 3.63) is 29.8 Å². The number of amides is 1. The van der Waals surface area contributed by atoms with Gasteiger partial charge in [0.25, 0.3) is 0 Å². The first-order valence-corrected chi connectivity index (χ1v) is 6.97. The fourth-order valence-corrected chi connectivity index (χ4v) is 1.94. The predicted octanol–water partition coefficient (Wildman–Crippen LogP) is 1.44. The second kappa shape index (κ2) is 8.68. The maximum absolute atomic E-state index is 11.8. The number of rotatable bonds is 8. The molecule has 5 nitrogen and oxygen atoms in total. The minimum absolute atomic E-state index is 0.213. The highest BCUT2D eigenvalue weighted by atomic mass is 16.5. The van der Waals surface area contributed by atoms with Crippen LogP contribution in [0.3, 0.4) is 0 Å². The molecule has 20 heavy (non-hydrogen) atoms. The average Bonchev–Trinajstić information content (AvgIpc) is 2.45. The maximum atomic E-state index is 11.8. The molecular formula is C15H25N3O2. The lowest BCUT2D eigenvalue weighted by Gasteiger charge is -2.18. The van der Waals surface area contributed by atoms with E-state index in [9.17, 15) is 4.79 Å². The Kier molecular flexibility index (Phi) is 7.22. The average molecular weight is 279 g/mol. The molecular weight excluding hydrogens is 254 g/mol. The minimum Gasteiger partial charge on any atom is -0.383 e. The highest BCUT2D eigenvalue weighted by molar-refractivity contribution is 5.94. The number of anilines is 1. The third kappa shape index (κ3) is 5.28. The van der Waals surface area contributed by atoms with Crippen molar-refractivity contribution >= 4 is 11.6 Å². The molecule has 3 N–H and O–H groups in total. The number of nitrogens with two attached hydrogens (primary N) is 1. The Labute approximate surface area is 121 Å². The summed E-state index contributed by atoms with van der Waals surface area (Å²) in [5.74, 6) is -0.230. The van der Waals surface area contributed by atoms with Crippen LogP contribution in [-0.2, 0) is 16.1 Å². The molecule has 0 heterocycles. The molecule has 1 atom stereocenters. The van der Waals surface area contributed by atoms with Gasteiger partial charge in [-0.1, -0.05) is 26.0 Å². The van der Waals surface area contributed by atoms with Crippen molar-refractivity contribution in [2.45, 2.75) is 26.4 Å². The van der Waals surface area contributed by atoms with Gasteiger partial charge in [-0.05, 0) is 30.8 Å². The molecule has 0 aliphatic rings. The summed E-state index contributed by atoms with van der Waals surface area (Å²) in [6.07, 6.45) is 0. The van der Waals surface area contributed by atoms with Gasteiger partial charge in [-0.25, -0.2) is 0 Å². The summed E-state index contributed by atoms with van der Waals surface area (Å²) in [5.41, 5.74) is 7.63. The third-order valence-corrected chi connectivity index (χ3v) is 3.18. The van der Waals surface area contributed by atoms with E-state index in [4.69, 9.17) is 10.5 Å². The first-order valence-electron chi connectivity index (χ1n) is 6.97. The van der Waals surface area contributed by atoms with Gasteiger partial charge in [0.15, 0.2) is 0 Å². The second-order valence-corrected chi connectivity index (χ2v) is 4.71. The van der Waals surface area contributed by atoms with Crippen LogP contribution in [0.15, 0.2) is 24.3 Å². The van der Waals surface area contributed by atoms with Gasteiger partial charge >= 0.3 is 0 Å². The van der Waals surface area contributed by atoms with Gasteiger partial charge < -0.3 is 15.8 Å². The quantitative estimate of drug-likeness (QED) is 0.755. The van der Waals surface area contributed by atoms with E-state index in [1.165, 1.54) is 12.7 Å². The lowest BCUT2D eigenvalue weighted by atomic mass is 10.1. The molecule has 0 fully saturated rings. The summed E-state index contributed by atoms with van der Waals surface area (Å²) < 4.78 is 4.88. The van der Waals surface area contributed by atoms with Crippen LogP contribution in [-0.4, -0.2) is 43.7 Å². The SMILES string of the molecule is CCN(CC)Cc1cccc(NC(=O)C(N)COC)c1. The number of nitrogens with one attached hydrogen (secondary N) is 1. The number of methoxy groups -OCH3 is 1. The van der Waals surface area contributed by atoms with E-state index in [-0.39, 0.29) is 12.5 Å². The van der Waals surface area contributed by atoms with E-state index < -0.39 is 6.04 Å². The number of benzene rings is 1. The van der Waals surface area contributed by atoms with Crippen LogP contribution in [0.5, 0.6) is 0 Å². The topological polar surface area (TPSA) is 67.6 Å². The largest absolute Gasteiger partial charge is 0.383 e. The highest BCUT2D eigenvalue weighted by Gasteiger charge is 2.13. The van der Waals surface area contributed by atoms with Crippen LogP contribution in [0.4, 0.5) is 5.69 Å². The Morgan fingerprint density at radius 2 is 2.10 bits per heavy atom. The van der Waals surface area contributed by atoms with Gasteiger partial charge in [0.2, 0.25) is 5.91 Å². The number of nitrogens with zero attached hydrogens (tertiary/aromatic N) is 1. The zero-order valence-corrected chi connectivity index (χ0v) is 12.6. The maximum Gasteiger partial charge on any atom is 0.243 e. The zero-order valence-electron chi connectivity index (χ0n) is 12.6.